The Bertz CT molecular complexity index is 1350. The maximum atomic E-state index is 12.9. The van der Waals surface area contributed by atoms with Crippen molar-refractivity contribution in [2.24, 2.45) is 0 Å². The highest BCUT2D eigenvalue weighted by molar-refractivity contribution is 7.71. The van der Waals surface area contributed by atoms with Crippen molar-refractivity contribution in [2.75, 3.05) is 12.4 Å². The number of nitrogens with zero attached hydrogens (tertiary/aromatic N) is 2. The Morgan fingerprint density at radius 3 is 2.31 bits per heavy atom. The number of aromatic hydroxyl groups is 1. The number of aryl methyl sites for hydroxylation is 1. The van der Waals surface area contributed by atoms with Crippen LogP contribution in [0.2, 0.25) is 5.02 Å². The molecule has 0 fully saturated rings. The molecule has 1 aromatic heterocycles. The summed E-state index contributed by atoms with van der Waals surface area (Å²) in [6, 6.07) is 24.5. The van der Waals surface area contributed by atoms with Crippen LogP contribution in [0.1, 0.15) is 16.8 Å². The zero-order chi connectivity index (χ0) is 24.8. The van der Waals surface area contributed by atoms with E-state index >= 15 is 0 Å². The van der Waals surface area contributed by atoms with E-state index in [0.29, 0.717) is 46.4 Å². The van der Waals surface area contributed by atoms with Gasteiger partial charge in [0.1, 0.15) is 5.75 Å². The van der Waals surface area contributed by atoms with Gasteiger partial charge in [0.05, 0.1) is 25.8 Å². The number of halogens is 1. The summed E-state index contributed by atoms with van der Waals surface area (Å²) in [6.07, 6.45) is 0.650. The van der Waals surface area contributed by atoms with E-state index in [1.54, 1.807) is 35.9 Å². The summed E-state index contributed by atoms with van der Waals surface area (Å²) in [5.74, 6) is 0.451. The van der Waals surface area contributed by atoms with Crippen molar-refractivity contribution in [3.8, 4) is 11.6 Å². The molecule has 8 heteroatoms. The van der Waals surface area contributed by atoms with E-state index in [2.05, 4.69) is 5.32 Å². The number of hydrogen-bond donors (Lipinski definition) is 2. The molecule has 3 aromatic carbocycles. The van der Waals surface area contributed by atoms with E-state index < -0.39 is 0 Å². The number of benzene rings is 3. The van der Waals surface area contributed by atoms with Crippen molar-refractivity contribution in [1.29, 1.82) is 0 Å². The molecule has 0 spiro atoms. The van der Waals surface area contributed by atoms with Crippen LogP contribution in [0, 0.1) is 4.77 Å². The molecule has 0 unspecified atom stereocenters. The van der Waals surface area contributed by atoms with Gasteiger partial charge in [-0.3, -0.25) is 9.36 Å². The number of imidazole rings is 1. The predicted octanol–water partition coefficient (Wildman–Crippen LogP) is 5.86. The number of rotatable bonds is 9. The molecule has 1 heterocycles. The molecular weight excluding hydrogens is 482 g/mol. The average Bonchev–Trinajstić information content (AvgIpc) is 3.08. The first-order chi connectivity index (χ1) is 16.9. The van der Waals surface area contributed by atoms with Gasteiger partial charge in [0, 0.05) is 17.3 Å². The zero-order valence-electron chi connectivity index (χ0n) is 19.3. The van der Waals surface area contributed by atoms with Crippen molar-refractivity contribution < 1.29 is 14.6 Å². The molecule has 180 valence electrons. The number of ether oxygens (including phenoxy) is 1. The van der Waals surface area contributed by atoms with E-state index in [-0.39, 0.29) is 18.2 Å². The lowest BCUT2D eigenvalue weighted by Crippen LogP contribution is -2.17. The minimum absolute atomic E-state index is 0.000148. The topological polar surface area (TPSA) is 68.4 Å². The molecule has 0 radical (unpaired) electrons. The van der Waals surface area contributed by atoms with Crippen LogP contribution in [0.15, 0.2) is 78.9 Å². The maximum Gasteiger partial charge on any atom is 0.230 e. The van der Waals surface area contributed by atoms with Gasteiger partial charge in [0.15, 0.2) is 4.77 Å². The quantitative estimate of drug-likeness (QED) is 0.278. The van der Waals surface area contributed by atoms with Gasteiger partial charge in [-0.1, -0.05) is 54.1 Å². The van der Waals surface area contributed by atoms with Crippen LogP contribution in [0.5, 0.6) is 11.6 Å². The predicted molar refractivity (Wildman–Crippen MR) is 141 cm³/mol. The van der Waals surface area contributed by atoms with Crippen LogP contribution in [0.4, 0.5) is 5.69 Å². The maximum absolute atomic E-state index is 12.9. The van der Waals surface area contributed by atoms with Gasteiger partial charge < -0.3 is 19.7 Å². The summed E-state index contributed by atoms with van der Waals surface area (Å²) in [5.41, 5.74) is 3.21. The first kappa shape index (κ1) is 24.6. The molecule has 0 aliphatic heterocycles. The van der Waals surface area contributed by atoms with Crippen molar-refractivity contribution >= 4 is 35.4 Å². The Hall–Kier alpha value is -3.55. The largest absolute Gasteiger partial charge is 0.497 e. The summed E-state index contributed by atoms with van der Waals surface area (Å²) in [5, 5.41) is 14.7. The highest BCUT2D eigenvalue weighted by atomic mass is 35.5. The van der Waals surface area contributed by atoms with Crippen LogP contribution in [0.25, 0.3) is 0 Å². The number of methoxy groups -OCH3 is 1. The lowest BCUT2D eigenvalue weighted by Gasteiger charge is -2.10. The smallest absolute Gasteiger partial charge is 0.230 e. The molecule has 2 N–H and O–H groups in total. The standard InChI is InChI=1S/C27H26ClN3O3S/c1-34-23-13-11-22(12-14-23)29-25(32)17-24-26(33)31(18-20-5-3-2-4-6-20)27(35)30(24)16-15-19-7-9-21(28)10-8-19/h2-14,33H,15-18H2,1H3,(H,29,32). The van der Waals surface area contributed by atoms with Crippen LogP contribution >= 0.6 is 23.8 Å². The zero-order valence-corrected chi connectivity index (χ0v) is 20.9. The third-order valence-electron chi connectivity index (χ3n) is 5.72. The van der Waals surface area contributed by atoms with Gasteiger partial charge in [-0.15, -0.1) is 0 Å². The van der Waals surface area contributed by atoms with Gasteiger partial charge in [-0.05, 0) is 66.2 Å². The fraction of sp³-hybridized carbons (Fsp3) is 0.185. The summed E-state index contributed by atoms with van der Waals surface area (Å²) < 4.78 is 9.14. The highest BCUT2D eigenvalue weighted by Gasteiger charge is 2.20. The Morgan fingerprint density at radius 2 is 1.66 bits per heavy atom. The SMILES string of the molecule is COc1ccc(NC(=O)Cc2c(O)n(Cc3ccccc3)c(=S)n2CCc2ccc(Cl)cc2)cc1. The Labute approximate surface area is 214 Å². The molecule has 0 saturated carbocycles. The van der Waals surface area contributed by atoms with Crippen molar-refractivity contribution in [2.45, 2.75) is 25.9 Å². The molecule has 0 atom stereocenters. The number of aromatic nitrogens is 2. The second kappa shape index (κ2) is 11.3. The number of amides is 1. The molecule has 4 aromatic rings. The number of anilines is 1. The van der Waals surface area contributed by atoms with Crippen LogP contribution in [0.3, 0.4) is 0 Å². The van der Waals surface area contributed by atoms with Gasteiger partial charge >= 0.3 is 0 Å². The van der Waals surface area contributed by atoms with Gasteiger partial charge in [-0.25, -0.2) is 0 Å². The molecule has 4 rings (SSSR count). The second-order valence-corrected chi connectivity index (χ2v) is 8.91. The summed E-state index contributed by atoms with van der Waals surface area (Å²) in [7, 11) is 1.59. The van der Waals surface area contributed by atoms with E-state index in [1.165, 1.54) is 0 Å². The molecule has 0 bridgehead atoms. The molecule has 6 nitrogen and oxygen atoms in total. The van der Waals surface area contributed by atoms with Gasteiger partial charge in [-0.2, -0.15) is 0 Å². The Balaban J connectivity index is 1.60. The van der Waals surface area contributed by atoms with E-state index in [1.807, 2.05) is 59.2 Å². The first-order valence-corrected chi connectivity index (χ1v) is 12.0. The van der Waals surface area contributed by atoms with Crippen molar-refractivity contribution in [1.82, 2.24) is 9.13 Å². The lowest BCUT2D eigenvalue weighted by atomic mass is 10.1. The Kier molecular flexibility index (Phi) is 7.90. The van der Waals surface area contributed by atoms with Crippen LogP contribution in [-0.4, -0.2) is 27.3 Å². The van der Waals surface area contributed by atoms with E-state index in [4.69, 9.17) is 28.6 Å². The second-order valence-electron chi connectivity index (χ2n) is 8.11. The van der Waals surface area contributed by atoms with Gasteiger partial charge in [0.25, 0.3) is 0 Å². The average molecular weight is 508 g/mol. The van der Waals surface area contributed by atoms with Crippen molar-refractivity contribution in [3.63, 3.8) is 0 Å². The van der Waals surface area contributed by atoms with Crippen LogP contribution in [-0.2, 0) is 30.7 Å². The summed E-state index contributed by atoms with van der Waals surface area (Å²) in [6.45, 7) is 0.924. The fourth-order valence-corrected chi connectivity index (χ4v) is 4.34. The highest BCUT2D eigenvalue weighted by Crippen LogP contribution is 2.25. The van der Waals surface area contributed by atoms with E-state index in [9.17, 15) is 9.90 Å². The van der Waals surface area contributed by atoms with Crippen LogP contribution < -0.4 is 10.1 Å². The summed E-state index contributed by atoms with van der Waals surface area (Å²) >= 11 is 11.8. The molecular formula is C27H26ClN3O3S. The van der Waals surface area contributed by atoms with E-state index in [0.717, 1.165) is 11.1 Å². The first-order valence-electron chi connectivity index (χ1n) is 11.2. The number of carbonyl (C=O) groups excluding carboxylic acids is 1. The number of nitrogens with one attached hydrogen (secondary N) is 1. The Morgan fingerprint density at radius 1 is 0.971 bits per heavy atom. The van der Waals surface area contributed by atoms with Gasteiger partial charge in [0.2, 0.25) is 11.8 Å². The third kappa shape index (κ3) is 6.12. The fourth-order valence-electron chi connectivity index (χ4n) is 3.87. The molecule has 35 heavy (non-hydrogen) atoms. The third-order valence-corrected chi connectivity index (χ3v) is 6.42. The lowest BCUT2D eigenvalue weighted by molar-refractivity contribution is -0.115. The molecule has 0 aliphatic carbocycles. The number of carbonyl (C=O) groups is 1. The minimum Gasteiger partial charge on any atom is -0.497 e. The van der Waals surface area contributed by atoms with Crippen molar-refractivity contribution in [3.05, 3.63) is 105 Å². The minimum atomic E-state index is -0.252. The monoisotopic (exact) mass is 507 g/mol. The normalized spacial score (nSPS) is 10.8. The number of hydrogen-bond acceptors (Lipinski definition) is 4. The molecule has 1 amide bonds. The molecule has 0 aliphatic rings. The summed E-state index contributed by atoms with van der Waals surface area (Å²) in [4.78, 5) is 12.9. The molecule has 0 saturated heterocycles.